The molecule has 1 saturated carbocycles. The van der Waals surface area contributed by atoms with E-state index in [9.17, 15) is 67.0 Å². The number of hydrogen-bond donors (Lipinski definition) is 9. The summed E-state index contributed by atoms with van der Waals surface area (Å²) in [5, 5.41) is 15.8. The maximum absolute atomic E-state index is 14.3. The van der Waals surface area contributed by atoms with Crippen molar-refractivity contribution in [3.63, 3.8) is 0 Å². The van der Waals surface area contributed by atoms with Gasteiger partial charge in [0, 0.05) is 114 Å². The summed E-state index contributed by atoms with van der Waals surface area (Å²) < 4.78 is 40.1. The molecular formula is C67H68Cl2N9O17P2+. The van der Waals surface area contributed by atoms with Gasteiger partial charge in [-0.05, 0) is 114 Å². The minimum atomic E-state index is -5.04. The van der Waals surface area contributed by atoms with Crippen LogP contribution < -0.4 is 51.2 Å². The van der Waals surface area contributed by atoms with E-state index in [0.717, 1.165) is 10.5 Å². The maximum atomic E-state index is 14.3. The number of nitrogens with zero attached hydrogens (tertiary/aromatic N) is 3. The van der Waals surface area contributed by atoms with E-state index in [0.29, 0.717) is 86.5 Å². The molecule has 30 heteroatoms. The second-order valence-corrected chi connectivity index (χ2v) is 25.9. The Morgan fingerprint density at radius 3 is 1.88 bits per heavy atom. The minimum Gasteiger partial charge on any atom is -0.444 e. The van der Waals surface area contributed by atoms with Gasteiger partial charge in [0.15, 0.2) is 5.75 Å². The van der Waals surface area contributed by atoms with Gasteiger partial charge in [-0.3, -0.25) is 53.6 Å². The number of ether oxygens (including phenoxy) is 1. The topological polar surface area (TPSA) is 372 Å². The number of unbranched alkanes of at least 4 members (excludes halogenated alkanes) is 2. The van der Waals surface area contributed by atoms with Gasteiger partial charge in [-0.2, -0.15) is 0 Å². The summed E-state index contributed by atoms with van der Waals surface area (Å²) in [7, 11) is -8.11. The van der Waals surface area contributed by atoms with E-state index in [2.05, 4.69) is 26.6 Å². The molecule has 97 heavy (non-hydrogen) atoms. The molecule has 0 bridgehead atoms. The number of phosphoric acid groups is 1. The van der Waals surface area contributed by atoms with Crippen molar-refractivity contribution in [1.29, 1.82) is 0 Å². The van der Waals surface area contributed by atoms with Crippen molar-refractivity contribution in [1.82, 2.24) is 20.9 Å². The van der Waals surface area contributed by atoms with E-state index in [1.165, 1.54) is 64.5 Å². The molecule has 4 atom stereocenters. The number of halogens is 2. The highest BCUT2D eigenvalue weighted by Crippen LogP contribution is 2.50. The van der Waals surface area contributed by atoms with Gasteiger partial charge in [0.1, 0.15) is 23.8 Å². The summed E-state index contributed by atoms with van der Waals surface area (Å²) in [5.41, 5.74) is 7.63. The quantitative estimate of drug-likeness (QED) is 0.00551. The number of carbonyl (C=O) groups excluding carboxylic acids is 9. The normalized spacial score (nSPS) is 16.6. The van der Waals surface area contributed by atoms with Crippen molar-refractivity contribution in [3.05, 3.63) is 155 Å². The van der Waals surface area contributed by atoms with Crippen LogP contribution in [0.2, 0.25) is 0 Å². The third-order valence-corrected chi connectivity index (χ3v) is 18.7. The molecule has 26 nitrogen and oxygen atoms in total. The van der Waals surface area contributed by atoms with Crippen LogP contribution in [0, 0.1) is 5.41 Å². The summed E-state index contributed by atoms with van der Waals surface area (Å²) in [6.07, 6.45) is 10.0. The lowest BCUT2D eigenvalue weighted by molar-refractivity contribution is -0.151. The molecule has 10 N–H and O–H groups in total. The Kier molecular flexibility index (Phi) is 22.6. The number of amides is 10. The molecule has 0 saturated heterocycles. The third kappa shape index (κ3) is 16.7. The Bertz CT molecular complexity index is 4260. The molecule has 3 aliphatic heterocycles. The third-order valence-electron chi connectivity index (χ3n) is 17.2. The van der Waals surface area contributed by atoms with Gasteiger partial charge in [-0.25, -0.2) is 18.7 Å². The largest absolute Gasteiger partial charge is 0.747 e. The number of carbonyl (C=O) groups is 9. The number of urea groups is 1. The van der Waals surface area contributed by atoms with Crippen molar-refractivity contribution in [2.45, 2.75) is 75.9 Å². The van der Waals surface area contributed by atoms with Gasteiger partial charge in [0.25, 0.3) is 23.6 Å². The smallest absolute Gasteiger partial charge is 0.444 e. The van der Waals surface area contributed by atoms with Crippen molar-refractivity contribution in [2.75, 3.05) is 64.9 Å². The molecule has 6 aromatic rings. The molecule has 1 unspecified atom stereocenters. The first-order chi connectivity index (χ1) is 46.5. The standard InChI is InChI=1S/C67H67Cl2N9O17P2/c68-35-43-37-77(52-33-54(94-96(88)89)46-10-2-4-12-48(46)60(43)52)59(82)24-20-42-19-15-40(18-23-58(81)78-38-44(36-69)61-49-13-5-3-11-47(49)55(34-53(61)78)95-97(90,91)92)32-51(42)75-66(87)93-39-41-16-21-45(22-17-41)73-62(83)50(14-8-30-72-65(70)86)74-64(85)67(27-9-28-67)63(84)71-29-6-1-7-31-76-56(79)25-26-57(76)80/h2-5,10-13,15-26,32-34,43-44,50H,1,6-9,14,27-31,35-39H2,(H9-,70,71,72,73,74,75,82,83,84,85,86,87,88,89,90,91,92)/p+1/b23-18+/t43-,44-,50+/m1/s1. The zero-order valence-corrected chi connectivity index (χ0v) is 55.3. The molecule has 506 valence electrons. The Labute approximate surface area is 566 Å². The molecule has 10 rings (SSSR count). The Morgan fingerprint density at radius 1 is 0.711 bits per heavy atom. The highest BCUT2D eigenvalue weighted by atomic mass is 35.5. The molecule has 1 fully saturated rings. The average molecular weight is 1400 g/mol. The SMILES string of the molecule is NC(=O)NCCC[C@H](NC(=O)C1(C(=O)NCCCCCN2C(=O)C=CC2=O)CCC1)C(=O)Nc1ccc(COC(=O)Nc2cc(/C=C/C(=O)N3C[C@@H](CCl)c4c3cc(OP(=O)(O)O)c3ccccc43)ccc2/C=C/C(=O)N2C[C@@H](CCl)c3c2cc(O[P+](=O)O)c2ccccc32)cc1. The van der Waals surface area contributed by atoms with Crippen LogP contribution in [0.3, 0.4) is 0 Å². The van der Waals surface area contributed by atoms with Gasteiger partial charge in [0.05, 0.1) is 17.1 Å². The number of fused-ring (bicyclic) bond motifs is 6. The zero-order valence-electron chi connectivity index (χ0n) is 52.0. The van der Waals surface area contributed by atoms with E-state index in [1.807, 2.05) is 6.07 Å². The summed E-state index contributed by atoms with van der Waals surface area (Å²) in [6, 6.07) is 25.9. The molecule has 6 aromatic carbocycles. The van der Waals surface area contributed by atoms with E-state index < -0.39 is 69.2 Å². The summed E-state index contributed by atoms with van der Waals surface area (Å²) in [6.45, 7) is 0.575. The lowest BCUT2D eigenvalue weighted by Gasteiger charge is -2.39. The van der Waals surface area contributed by atoms with E-state index in [-0.39, 0.29) is 118 Å². The Hall–Kier alpha value is -9.52. The molecule has 0 radical (unpaired) electrons. The summed E-state index contributed by atoms with van der Waals surface area (Å²) in [5.74, 6) is -4.01. The van der Waals surface area contributed by atoms with Crippen LogP contribution in [-0.2, 0) is 54.0 Å². The van der Waals surface area contributed by atoms with Crippen LogP contribution in [0.25, 0.3) is 33.7 Å². The molecular weight excluding hydrogens is 1340 g/mol. The van der Waals surface area contributed by atoms with Gasteiger partial charge in [0.2, 0.25) is 17.7 Å². The molecule has 4 aliphatic rings. The fourth-order valence-electron chi connectivity index (χ4n) is 12.3. The van der Waals surface area contributed by atoms with E-state index in [4.69, 9.17) is 42.7 Å². The average Bonchev–Trinajstić information content (AvgIpc) is 1.72. The van der Waals surface area contributed by atoms with Crippen molar-refractivity contribution in [2.24, 2.45) is 11.1 Å². The van der Waals surface area contributed by atoms with Crippen molar-refractivity contribution >= 4 is 149 Å². The number of imide groups is 1. The number of benzene rings is 6. The fourth-order valence-corrected chi connectivity index (χ4v) is 13.5. The first-order valence-electron chi connectivity index (χ1n) is 31.0. The second-order valence-electron chi connectivity index (χ2n) is 23.5. The second kappa shape index (κ2) is 31.1. The van der Waals surface area contributed by atoms with Crippen LogP contribution in [0.1, 0.15) is 91.0 Å². The van der Waals surface area contributed by atoms with Crippen molar-refractivity contribution < 1.29 is 80.7 Å². The predicted octanol–water partition coefficient (Wildman–Crippen LogP) is 9.26. The Balaban J connectivity index is 0.832. The molecule has 10 amide bonds. The highest BCUT2D eigenvalue weighted by molar-refractivity contribution is 7.46. The number of nitrogens with two attached hydrogens (primary N) is 1. The van der Waals surface area contributed by atoms with Gasteiger partial charge < -0.3 is 46.1 Å². The van der Waals surface area contributed by atoms with Crippen LogP contribution in [0.4, 0.5) is 32.3 Å². The van der Waals surface area contributed by atoms with Crippen LogP contribution >= 0.6 is 39.3 Å². The Morgan fingerprint density at radius 2 is 1.30 bits per heavy atom. The number of anilines is 4. The highest BCUT2D eigenvalue weighted by Gasteiger charge is 2.51. The minimum absolute atomic E-state index is 0.0519. The summed E-state index contributed by atoms with van der Waals surface area (Å²) >= 11 is 13.0. The number of primary amides is 1. The van der Waals surface area contributed by atoms with E-state index >= 15 is 0 Å². The lowest BCUT2D eigenvalue weighted by Crippen LogP contribution is -2.58. The summed E-state index contributed by atoms with van der Waals surface area (Å²) in [4.78, 5) is 152. The monoisotopic (exact) mass is 1400 g/mol. The number of nitrogens with one attached hydrogen (secondary N) is 5. The number of phosphoric ester groups is 1. The van der Waals surface area contributed by atoms with Crippen LogP contribution in [-0.4, -0.2) is 124 Å². The van der Waals surface area contributed by atoms with Crippen molar-refractivity contribution in [3.8, 4) is 11.5 Å². The fraction of sp³-hybridized carbons (Fsp3) is 0.299. The van der Waals surface area contributed by atoms with Gasteiger partial charge in [-0.15, -0.1) is 28.1 Å². The molecule has 3 heterocycles. The predicted molar refractivity (Wildman–Crippen MR) is 364 cm³/mol. The first kappa shape index (κ1) is 70.3. The molecule has 0 spiro atoms. The maximum Gasteiger partial charge on any atom is 0.747 e. The molecule has 1 aliphatic carbocycles. The number of rotatable bonds is 28. The van der Waals surface area contributed by atoms with E-state index in [1.54, 1.807) is 78.9 Å². The van der Waals surface area contributed by atoms with Crippen LogP contribution in [0.15, 0.2) is 127 Å². The number of hydrogen-bond acceptors (Lipinski definition) is 14. The first-order valence-corrected chi connectivity index (χ1v) is 34.7. The zero-order chi connectivity index (χ0) is 69.1. The lowest BCUT2D eigenvalue weighted by atomic mass is 9.67. The van der Waals surface area contributed by atoms with Gasteiger partial charge in [-0.1, -0.05) is 79.2 Å². The van der Waals surface area contributed by atoms with Gasteiger partial charge >= 0.3 is 28.2 Å². The van der Waals surface area contributed by atoms with Crippen LogP contribution in [0.5, 0.6) is 11.5 Å². The molecule has 0 aromatic heterocycles. The number of alkyl halides is 2.